The van der Waals surface area contributed by atoms with Gasteiger partial charge in [-0.15, -0.1) is 11.3 Å². The lowest BCUT2D eigenvalue weighted by atomic mass is 10.2. The number of aromatic nitrogens is 1. The molecule has 0 aliphatic heterocycles. The van der Waals surface area contributed by atoms with E-state index < -0.39 is 10.0 Å². The smallest absolute Gasteiger partial charge is 0.261 e. The van der Waals surface area contributed by atoms with Crippen molar-refractivity contribution in [1.29, 1.82) is 5.26 Å². The van der Waals surface area contributed by atoms with Gasteiger partial charge in [0, 0.05) is 11.3 Å². The highest BCUT2D eigenvalue weighted by Crippen LogP contribution is 2.33. The van der Waals surface area contributed by atoms with E-state index in [4.69, 9.17) is 10.00 Å². The number of hydrogen-bond acceptors (Lipinski definition) is 6. The van der Waals surface area contributed by atoms with Crippen LogP contribution in [0.4, 0.5) is 5.69 Å². The first-order chi connectivity index (χ1) is 14.0. The number of nitrogens with zero attached hydrogens (tertiary/aromatic N) is 2. The van der Waals surface area contributed by atoms with E-state index in [1.54, 1.807) is 31.4 Å². The first-order valence-electron chi connectivity index (χ1n) is 8.56. The second-order valence-corrected chi connectivity index (χ2v) is 8.89. The van der Waals surface area contributed by atoms with E-state index in [1.807, 2.05) is 36.4 Å². The van der Waals surface area contributed by atoms with Crippen LogP contribution in [0.15, 0.2) is 71.6 Å². The second kappa shape index (κ2) is 7.54. The molecule has 1 N–H and O–H groups in total. The van der Waals surface area contributed by atoms with E-state index in [0.717, 1.165) is 26.5 Å². The Kier molecular flexibility index (Phi) is 4.92. The van der Waals surface area contributed by atoms with Gasteiger partial charge in [0.25, 0.3) is 10.0 Å². The summed E-state index contributed by atoms with van der Waals surface area (Å²) in [6.45, 7) is 0. The minimum Gasteiger partial charge on any atom is -0.497 e. The normalized spacial score (nSPS) is 11.2. The highest BCUT2D eigenvalue weighted by molar-refractivity contribution is 7.92. The van der Waals surface area contributed by atoms with Crippen molar-refractivity contribution in [2.45, 2.75) is 4.90 Å². The van der Waals surface area contributed by atoms with Crippen molar-refractivity contribution >= 4 is 37.3 Å². The average Bonchev–Trinajstić information content (AvgIpc) is 3.17. The molecule has 144 valence electrons. The molecule has 0 radical (unpaired) electrons. The van der Waals surface area contributed by atoms with Crippen LogP contribution in [-0.2, 0) is 10.0 Å². The zero-order valence-electron chi connectivity index (χ0n) is 15.3. The lowest BCUT2D eigenvalue weighted by molar-refractivity contribution is 0.415. The third-order valence-corrected chi connectivity index (χ3v) is 6.70. The fourth-order valence-corrected chi connectivity index (χ4v) is 4.89. The molecule has 0 saturated carbocycles. The Balaban J connectivity index is 1.58. The summed E-state index contributed by atoms with van der Waals surface area (Å²) in [6.07, 6.45) is 0. The van der Waals surface area contributed by atoms with Gasteiger partial charge in [-0.05, 0) is 60.7 Å². The van der Waals surface area contributed by atoms with Crippen LogP contribution < -0.4 is 9.46 Å². The van der Waals surface area contributed by atoms with Gasteiger partial charge in [0.15, 0.2) is 0 Å². The Hall–Kier alpha value is -3.41. The van der Waals surface area contributed by atoms with Gasteiger partial charge in [0.05, 0.1) is 33.9 Å². The van der Waals surface area contributed by atoms with E-state index >= 15 is 0 Å². The van der Waals surface area contributed by atoms with Crippen LogP contribution in [0.3, 0.4) is 0 Å². The molecule has 0 aliphatic carbocycles. The molecule has 0 fully saturated rings. The maximum absolute atomic E-state index is 12.6. The Bertz CT molecular complexity index is 1340. The molecule has 29 heavy (non-hydrogen) atoms. The SMILES string of the molecule is COc1ccc2nc(-c3ccc(NS(=O)(=O)c4cccc(C#N)c4)cc3)sc2c1. The Labute approximate surface area is 172 Å². The number of thiazole rings is 1. The highest BCUT2D eigenvalue weighted by Gasteiger charge is 2.15. The fourth-order valence-electron chi connectivity index (χ4n) is 2.78. The summed E-state index contributed by atoms with van der Waals surface area (Å²) in [7, 11) is -2.16. The number of benzene rings is 3. The summed E-state index contributed by atoms with van der Waals surface area (Å²) in [5.74, 6) is 0.776. The monoisotopic (exact) mass is 421 g/mol. The minimum atomic E-state index is -3.78. The molecular weight excluding hydrogens is 406 g/mol. The molecule has 0 bridgehead atoms. The summed E-state index contributed by atoms with van der Waals surface area (Å²) >= 11 is 1.54. The zero-order chi connectivity index (χ0) is 20.4. The Morgan fingerprint density at radius 1 is 1.07 bits per heavy atom. The summed E-state index contributed by atoms with van der Waals surface area (Å²) in [5.41, 5.74) is 2.49. The molecule has 4 rings (SSSR count). The maximum atomic E-state index is 12.6. The van der Waals surface area contributed by atoms with Crippen LogP contribution in [0.2, 0.25) is 0 Å². The number of ether oxygens (including phenoxy) is 1. The molecule has 6 nitrogen and oxygen atoms in total. The van der Waals surface area contributed by atoms with Gasteiger partial charge in [-0.25, -0.2) is 13.4 Å². The van der Waals surface area contributed by atoms with Crippen molar-refractivity contribution in [2.75, 3.05) is 11.8 Å². The van der Waals surface area contributed by atoms with E-state index in [9.17, 15) is 8.42 Å². The number of nitrogens with one attached hydrogen (secondary N) is 1. The molecule has 0 amide bonds. The van der Waals surface area contributed by atoms with Gasteiger partial charge >= 0.3 is 0 Å². The molecule has 1 heterocycles. The molecule has 0 spiro atoms. The van der Waals surface area contributed by atoms with Gasteiger partial charge in [-0.1, -0.05) is 6.07 Å². The Morgan fingerprint density at radius 2 is 1.86 bits per heavy atom. The van der Waals surface area contributed by atoms with Gasteiger partial charge in [-0.3, -0.25) is 4.72 Å². The summed E-state index contributed by atoms with van der Waals surface area (Å²) in [6, 6.07) is 20.6. The van der Waals surface area contributed by atoms with Gasteiger partial charge in [-0.2, -0.15) is 5.26 Å². The second-order valence-electron chi connectivity index (χ2n) is 6.18. The lowest BCUT2D eigenvalue weighted by Gasteiger charge is -2.08. The van der Waals surface area contributed by atoms with Crippen molar-refractivity contribution in [1.82, 2.24) is 4.98 Å². The topological polar surface area (TPSA) is 92.1 Å². The van der Waals surface area contributed by atoms with E-state index in [2.05, 4.69) is 9.71 Å². The fraction of sp³-hybridized carbons (Fsp3) is 0.0476. The van der Waals surface area contributed by atoms with Crippen LogP contribution in [0.25, 0.3) is 20.8 Å². The quantitative estimate of drug-likeness (QED) is 0.507. The van der Waals surface area contributed by atoms with Crippen LogP contribution >= 0.6 is 11.3 Å². The average molecular weight is 422 g/mol. The molecule has 0 unspecified atom stereocenters. The van der Waals surface area contributed by atoms with Gasteiger partial charge < -0.3 is 4.74 Å². The summed E-state index contributed by atoms with van der Waals surface area (Å²) in [5, 5.41) is 9.80. The third-order valence-electron chi connectivity index (χ3n) is 4.25. The first kappa shape index (κ1) is 18.9. The number of anilines is 1. The van der Waals surface area contributed by atoms with Crippen molar-refractivity contribution < 1.29 is 13.2 Å². The van der Waals surface area contributed by atoms with Crippen molar-refractivity contribution in [3.63, 3.8) is 0 Å². The molecule has 3 aromatic carbocycles. The van der Waals surface area contributed by atoms with Crippen molar-refractivity contribution in [2.24, 2.45) is 0 Å². The third kappa shape index (κ3) is 3.92. The van der Waals surface area contributed by atoms with Crippen LogP contribution in [0, 0.1) is 11.3 Å². The zero-order valence-corrected chi connectivity index (χ0v) is 16.9. The molecule has 1 aromatic heterocycles. The summed E-state index contributed by atoms with van der Waals surface area (Å²) in [4.78, 5) is 4.67. The predicted molar refractivity (Wildman–Crippen MR) is 114 cm³/mol. The number of fused-ring (bicyclic) bond motifs is 1. The minimum absolute atomic E-state index is 0.0424. The van der Waals surface area contributed by atoms with E-state index in [1.165, 1.54) is 23.5 Å². The number of hydrogen-bond donors (Lipinski definition) is 1. The largest absolute Gasteiger partial charge is 0.497 e. The number of nitriles is 1. The number of sulfonamides is 1. The standard InChI is InChI=1S/C21H15N3O3S2/c1-27-17-9-10-19-20(12-17)28-21(23-19)15-5-7-16(8-6-15)24-29(25,26)18-4-2-3-14(11-18)13-22/h2-12,24H,1H3. The van der Waals surface area contributed by atoms with Crippen LogP contribution in [-0.4, -0.2) is 20.5 Å². The molecule has 0 aliphatic rings. The van der Waals surface area contributed by atoms with E-state index in [-0.39, 0.29) is 10.5 Å². The number of methoxy groups -OCH3 is 1. The van der Waals surface area contributed by atoms with Gasteiger partial charge in [0.2, 0.25) is 0 Å². The van der Waals surface area contributed by atoms with Gasteiger partial charge in [0.1, 0.15) is 10.8 Å². The first-order valence-corrected chi connectivity index (χ1v) is 10.9. The molecule has 0 saturated heterocycles. The van der Waals surface area contributed by atoms with E-state index in [0.29, 0.717) is 5.69 Å². The van der Waals surface area contributed by atoms with Crippen molar-refractivity contribution in [3.8, 4) is 22.4 Å². The van der Waals surface area contributed by atoms with Crippen molar-refractivity contribution in [3.05, 3.63) is 72.3 Å². The van der Waals surface area contributed by atoms with Crippen LogP contribution in [0.5, 0.6) is 5.75 Å². The molecule has 4 aromatic rings. The highest BCUT2D eigenvalue weighted by atomic mass is 32.2. The summed E-state index contributed by atoms with van der Waals surface area (Å²) < 4.78 is 33.9. The van der Waals surface area contributed by atoms with Crippen LogP contribution in [0.1, 0.15) is 5.56 Å². The maximum Gasteiger partial charge on any atom is 0.261 e. The molecule has 0 atom stereocenters. The molecule has 8 heteroatoms. The number of rotatable bonds is 5. The molecular formula is C21H15N3O3S2. The Morgan fingerprint density at radius 3 is 2.59 bits per heavy atom. The lowest BCUT2D eigenvalue weighted by Crippen LogP contribution is -2.12. The predicted octanol–water partition coefficient (Wildman–Crippen LogP) is 4.64.